The molecule has 292 valence electrons. The van der Waals surface area contributed by atoms with E-state index in [0.717, 1.165) is 11.1 Å². The van der Waals surface area contributed by atoms with Crippen LogP contribution in [0.2, 0.25) is 11.8 Å². The number of ether oxygens (including phenoxy) is 2. The quantitative estimate of drug-likeness (QED) is 0.0900. The summed E-state index contributed by atoms with van der Waals surface area (Å²) >= 11 is 5.82. The molecule has 2 aromatic heterocycles. The summed E-state index contributed by atoms with van der Waals surface area (Å²) in [6.07, 6.45) is 25.3. The monoisotopic (exact) mass is 876 g/mol. The first-order valence-electron chi connectivity index (χ1n) is 17.4. The van der Waals surface area contributed by atoms with Crippen LogP contribution < -0.4 is 9.47 Å². The van der Waals surface area contributed by atoms with Crippen molar-refractivity contribution in [2.45, 2.75) is 91.8 Å². The Bertz CT molecular complexity index is 1390. The molecule has 2 aliphatic rings. The van der Waals surface area contributed by atoms with Crippen LogP contribution in [0.1, 0.15) is 102 Å². The maximum atomic E-state index is 12.0. The van der Waals surface area contributed by atoms with Crippen molar-refractivity contribution in [1.29, 1.82) is 0 Å². The number of hydrogen-bond donors (Lipinski definition) is 2. The van der Waals surface area contributed by atoms with Gasteiger partial charge in [0.05, 0.1) is 16.1 Å². The molecule has 2 saturated carbocycles. The summed E-state index contributed by atoms with van der Waals surface area (Å²) in [5.74, 6) is 0.229. The minimum atomic E-state index is -1.17. The molecule has 0 radical (unpaired) electrons. The Labute approximate surface area is 337 Å². The molecule has 0 unspecified atom stereocenters. The van der Waals surface area contributed by atoms with E-state index in [0.29, 0.717) is 33.2 Å². The van der Waals surface area contributed by atoms with Crippen molar-refractivity contribution in [2.75, 3.05) is 0 Å². The number of carbonyl (C=O) groups excluding carboxylic acids is 2. The normalized spacial score (nSPS) is 12.8. The number of hydrogen-bond acceptors (Lipinski definition) is 8. The van der Waals surface area contributed by atoms with Gasteiger partial charge < -0.3 is 32.4 Å². The summed E-state index contributed by atoms with van der Waals surface area (Å²) in [4.78, 5) is 31.8. The third-order valence-corrected chi connectivity index (χ3v) is 7.65. The first-order chi connectivity index (χ1) is 25.5. The molecule has 2 N–H and O–H groups in total. The van der Waals surface area contributed by atoms with Crippen LogP contribution in [-0.2, 0) is 15.9 Å². The topological polar surface area (TPSA) is 119 Å². The Morgan fingerprint density at radius 1 is 0.642 bits per heavy atom. The second-order valence-electron chi connectivity index (χ2n) is 11.9. The summed E-state index contributed by atoms with van der Waals surface area (Å²) < 4.78 is 10.5. The molecular formula is C40H50BCl3N2O6Pd-2. The zero-order chi connectivity index (χ0) is 39.3. The molecule has 6 rings (SSSR count). The van der Waals surface area contributed by atoms with Gasteiger partial charge in [-0.1, -0.05) is 86.5 Å². The van der Waals surface area contributed by atoms with E-state index in [2.05, 4.69) is 22.8 Å². The molecule has 0 bridgehead atoms. The van der Waals surface area contributed by atoms with Gasteiger partial charge in [-0.2, -0.15) is 25.7 Å². The van der Waals surface area contributed by atoms with Gasteiger partial charge in [0.25, 0.3) is 0 Å². The van der Waals surface area contributed by atoms with E-state index in [1.54, 1.807) is 61.9 Å². The van der Waals surface area contributed by atoms with E-state index in [-0.39, 0.29) is 21.9 Å². The van der Waals surface area contributed by atoms with Crippen LogP contribution in [0, 0.1) is 33.6 Å². The number of carbonyl (C=O) groups is 2. The van der Waals surface area contributed by atoms with Gasteiger partial charge in [0, 0.05) is 24.8 Å². The van der Waals surface area contributed by atoms with Gasteiger partial charge in [0.2, 0.25) is 0 Å². The van der Waals surface area contributed by atoms with Crippen molar-refractivity contribution < 1.29 is 45.1 Å². The number of aromatic nitrogens is 2. The molecule has 2 heterocycles. The Balaban J connectivity index is 0.000000359. The molecule has 0 saturated heterocycles. The fourth-order valence-corrected chi connectivity index (χ4v) is 5.19. The number of para-hydroxylation sites is 2. The number of halogens is 3. The van der Waals surface area contributed by atoms with Gasteiger partial charge in [-0.25, -0.2) is 9.59 Å². The molecule has 0 aliphatic heterocycles. The zero-order valence-electron chi connectivity index (χ0n) is 30.8. The van der Waals surface area contributed by atoms with Crippen LogP contribution in [0.4, 0.5) is 0 Å². The predicted octanol–water partition coefficient (Wildman–Crippen LogP) is 11.0. The van der Waals surface area contributed by atoms with Crippen molar-refractivity contribution in [3.8, 4) is 11.5 Å². The summed E-state index contributed by atoms with van der Waals surface area (Å²) in [7, 11) is 8.46. The average Bonchev–Trinajstić information content (AvgIpc) is 3.15. The van der Waals surface area contributed by atoms with Crippen molar-refractivity contribution >= 4 is 49.7 Å². The molecule has 4 aromatic rings. The first-order valence-corrected chi connectivity index (χ1v) is 21.8. The second kappa shape index (κ2) is 30.5. The molecule has 0 atom stereocenters. The first kappa shape index (κ1) is 48.2. The third-order valence-electron chi connectivity index (χ3n) is 7.36. The van der Waals surface area contributed by atoms with Crippen molar-refractivity contribution in [1.82, 2.24) is 9.97 Å². The molecule has 2 aliphatic carbocycles. The van der Waals surface area contributed by atoms with E-state index in [9.17, 15) is 9.59 Å². The molecule has 13 heteroatoms. The van der Waals surface area contributed by atoms with E-state index in [1.165, 1.54) is 77.2 Å². The van der Waals surface area contributed by atoms with Crippen LogP contribution in [0.5, 0.6) is 11.5 Å². The predicted molar refractivity (Wildman–Crippen MR) is 213 cm³/mol. The fourth-order valence-electron chi connectivity index (χ4n) is 4.90. The van der Waals surface area contributed by atoms with Gasteiger partial charge in [-0.05, 0) is 68.6 Å². The minimum absolute atomic E-state index is 0.106. The fraction of sp³-hybridized carbons (Fsp3) is 0.350. The number of benzene rings is 2. The number of nitrogens with zero attached hydrogens (tertiary/aromatic N) is 2. The average molecular weight is 878 g/mol. The molecule has 0 amide bonds. The Hall–Kier alpha value is -2.80. The van der Waals surface area contributed by atoms with Crippen molar-refractivity contribution in [2.24, 2.45) is 0 Å². The standard InChI is InChI=1S/C14H13NO2.C13H10ClNO2.2C6H11.CH5BO2.2ClH.Pd/c1-10-8-15-9-11(2)13(10)14(16)17-12-6-4-3-5-7-12;1-9-7-15-8-11(14)12(9)13(16)17-10-5-3-2-4-6-10;2*1-2-4-6-5-3-1;1-2(3)4;;;/h3-9H,1-2H3;2-8H,1H3;2*1H,2-6H2;3-4H,1H3;2*1H;/q;;2*-1;;;;+2/p-2. The van der Waals surface area contributed by atoms with E-state index >= 15 is 0 Å². The summed E-state index contributed by atoms with van der Waals surface area (Å²) in [6.45, 7) is 6.74. The van der Waals surface area contributed by atoms with Gasteiger partial charge >= 0.3 is 54.1 Å². The van der Waals surface area contributed by atoms with Gasteiger partial charge in [-0.3, -0.25) is 9.97 Å². The van der Waals surface area contributed by atoms with Crippen LogP contribution in [0.15, 0.2) is 85.5 Å². The van der Waals surface area contributed by atoms with Crippen LogP contribution in [0.25, 0.3) is 0 Å². The van der Waals surface area contributed by atoms with Crippen LogP contribution >= 0.6 is 30.7 Å². The second-order valence-corrected chi connectivity index (χ2v) is 14.7. The Kier molecular flexibility index (Phi) is 27.8. The molecule has 53 heavy (non-hydrogen) atoms. The summed E-state index contributed by atoms with van der Waals surface area (Å²) in [5.41, 5.74) is 3.28. The number of esters is 2. The maximum absolute atomic E-state index is 12.0. The van der Waals surface area contributed by atoms with Gasteiger partial charge in [0.15, 0.2) is 0 Å². The van der Waals surface area contributed by atoms with E-state index < -0.39 is 13.1 Å². The molecule has 8 nitrogen and oxygen atoms in total. The van der Waals surface area contributed by atoms with Gasteiger partial charge in [0.1, 0.15) is 11.5 Å². The van der Waals surface area contributed by atoms with Crippen LogP contribution in [0.3, 0.4) is 0 Å². The zero-order valence-corrected chi connectivity index (χ0v) is 34.6. The third kappa shape index (κ3) is 22.9. The van der Waals surface area contributed by atoms with Gasteiger partial charge in [-0.15, -0.1) is 0 Å². The summed E-state index contributed by atoms with van der Waals surface area (Å²) in [6, 6.07) is 17.9. The number of rotatable bonds is 4. The number of aryl methyl sites for hydroxylation is 3. The van der Waals surface area contributed by atoms with E-state index in [4.69, 9.17) is 50.2 Å². The van der Waals surface area contributed by atoms with Crippen molar-refractivity contribution in [3.05, 3.63) is 131 Å². The molecule has 2 fully saturated rings. The molecule has 0 spiro atoms. The van der Waals surface area contributed by atoms with Crippen molar-refractivity contribution in [3.63, 3.8) is 0 Å². The number of pyridine rings is 2. The SMILES string of the molecule is CB(O)O.Cc1cncc(C)c1C(=O)Oc1ccccc1.Cc1cncc(Cl)c1C(=O)Oc1ccccc1.[CH-]1CCCCC1.[CH-]1CCCCC1.[Cl][Pd][Cl]. The Morgan fingerprint density at radius 2 is 0.962 bits per heavy atom. The molecule has 2 aromatic carbocycles. The Morgan fingerprint density at radius 3 is 1.26 bits per heavy atom. The van der Waals surface area contributed by atoms with Crippen LogP contribution in [-0.4, -0.2) is 39.1 Å². The summed E-state index contributed by atoms with van der Waals surface area (Å²) in [5, 5.41) is 15.5. The van der Waals surface area contributed by atoms with E-state index in [1.807, 2.05) is 38.1 Å². The molecular weight excluding hydrogens is 828 g/mol.